The summed E-state index contributed by atoms with van der Waals surface area (Å²) in [5.74, 6) is 0. The third-order valence-corrected chi connectivity index (χ3v) is 5.19. The third-order valence-electron chi connectivity index (χ3n) is 5.19. The predicted molar refractivity (Wildman–Crippen MR) is 105 cm³/mol. The molecule has 0 saturated carbocycles. The summed E-state index contributed by atoms with van der Waals surface area (Å²) in [4.78, 5) is 2.44. The fraction of sp³-hybridized carbons (Fsp3) is 0.455. The highest BCUT2D eigenvalue weighted by atomic mass is 16.3. The zero-order chi connectivity index (χ0) is 17.6. The lowest BCUT2D eigenvalue weighted by Gasteiger charge is -2.30. The van der Waals surface area contributed by atoms with Crippen LogP contribution < -0.4 is 5.32 Å². The summed E-state index contributed by atoms with van der Waals surface area (Å²) in [6.45, 7) is 7.25. The minimum atomic E-state index is -0.115. The average Bonchev–Trinajstić information content (AvgIpc) is 2.64. The van der Waals surface area contributed by atoms with Crippen LogP contribution in [0.5, 0.6) is 0 Å². The number of anilines is 1. The molecule has 0 aliphatic carbocycles. The van der Waals surface area contributed by atoms with E-state index in [1.807, 2.05) is 0 Å². The minimum Gasteiger partial charge on any atom is -0.393 e. The molecular formula is C22H30N2O. The molecule has 3 heteroatoms. The Bertz CT molecular complexity index is 660. The normalized spacial score (nSPS) is 17.4. The molecule has 1 aliphatic heterocycles. The fourth-order valence-corrected chi connectivity index (χ4v) is 3.52. The SMILES string of the molecule is CCC(Nc1ccccc1CN1CCC(O)CC1)c1ccc(C)cc1. The van der Waals surface area contributed by atoms with E-state index in [4.69, 9.17) is 0 Å². The van der Waals surface area contributed by atoms with Gasteiger partial charge in [-0.15, -0.1) is 0 Å². The zero-order valence-electron chi connectivity index (χ0n) is 15.4. The molecule has 1 fully saturated rings. The Morgan fingerprint density at radius 1 is 1.08 bits per heavy atom. The van der Waals surface area contributed by atoms with Crippen LogP contribution in [0.3, 0.4) is 0 Å². The van der Waals surface area contributed by atoms with Gasteiger partial charge < -0.3 is 10.4 Å². The van der Waals surface area contributed by atoms with E-state index in [0.717, 1.165) is 38.9 Å². The molecule has 0 amide bonds. The van der Waals surface area contributed by atoms with E-state index in [1.165, 1.54) is 22.4 Å². The molecule has 2 N–H and O–H groups in total. The van der Waals surface area contributed by atoms with Crippen molar-refractivity contribution in [3.8, 4) is 0 Å². The number of aliphatic hydroxyl groups is 1. The average molecular weight is 338 g/mol. The predicted octanol–water partition coefficient (Wildman–Crippen LogP) is 4.51. The lowest BCUT2D eigenvalue weighted by atomic mass is 10.0. The smallest absolute Gasteiger partial charge is 0.0564 e. The van der Waals surface area contributed by atoms with Crippen molar-refractivity contribution in [1.82, 2.24) is 4.90 Å². The van der Waals surface area contributed by atoms with E-state index >= 15 is 0 Å². The van der Waals surface area contributed by atoms with Crippen molar-refractivity contribution in [3.05, 3.63) is 65.2 Å². The number of rotatable bonds is 6. The largest absolute Gasteiger partial charge is 0.393 e. The monoisotopic (exact) mass is 338 g/mol. The third kappa shape index (κ3) is 4.83. The molecule has 1 unspecified atom stereocenters. The van der Waals surface area contributed by atoms with Crippen molar-refractivity contribution in [2.24, 2.45) is 0 Å². The number of piperidine rings is 1. The van der Waals surface area contributed by atoms with E-state index in [1.54, 1.807) is 0 Å². The lowest BCUT2D eigenvalue weighted by molar-refractivity contribution is 0.0793. The summed E-state index contributed by atoms with van der Waals surface area (Å²) in [6.07, 6.45) is 2.70. The van der Waals surface area contributed by atoms with Crippen LogP contribution in [-0.2, 0) is 6.54 Å². The molecule has 1 atom stereocenters. The second-order valence-electron chi connectivity index (χ2n) is 7.18. The van der Waals surface area contributed by atoms with Crippen molar-refractivity contribution in [3.63, 3.8) is 0 Å². The highest BCUT2D eigenvalue weighted by molar-refractivity contribution is 5.52. The lowest BCUT2D eigenvalue weighted by Crippen LogP contribution is -2.35. The van der Waals surface area contributed by atoms with Crippen LogP contribution in [0, 0.1) is 6.92 Å². The van der Waals surface area contributed by atoms with E-state index in [2.05, 4.69) is 72.6 Å². The maximum Gasteiger partial charge on any atom is 0.0564 e. The van der Waals surface area contributed by atoms with Crippen molar-refractivity contribution in [1.29, 1.82) is 0 Å². The number of aliphatic hydroxyl groups excluding tert-OH is 1. The van der Waals surface area contributed by atoms with Gasteiger partial charge in [0.2, 0.25) is 0 Å². The van der Waals surface area contributed by atoms with Crippen LogP contribution in [0.4, 0.5) is 5.69 Å². The van der Waals surface area contributed by atoms with Crippen LogP contribution in [0.2, 0.25) is 0 Å². The number of hydrogen-bond donors (Lipinski definition) is 2. The molecule has 0 bridgehead atoms. The molecule has 1 saturated heterocycles. The Morgan fingerprint density at radius 3 is 2.44 bits per heavy atom. The standard InChI is InChI=1S/C22H30N2O/c1-3-21(18-10-8-17(2)9-11-18)23-22-7-5-4-6-19(22)16-24-14-12-20(25)13-15-24/h4-11,20-21,23,25H,3,12-16H2,1-2H3. The van der Waals surface area contributed by atoms with Crippen molar-refractivity contribution < 1.29 is 5.11 Å². The van der Waals surface area contributed by atoms with Gasteiger partial charge in [-0.05, 0) is 43.4 Å². The van der Waals surface area contributed by atoms with Gasteiger partial charge >= 0.3 is 0 Å². The van der Waals surface area contributed by atoms with Crippen molar-refractivity contribution >= 4 is 5.69 Å². The van der Waals surface area contributed by atoms with E-state index in [0.29, 0.717) is 6.04 Å². The number of aryl methyl sites for hydroxylation is 1. The second kappa shape index (κ2) is 8.50. The Hall–Kier alpha value is -1.84. The first-order chi connectivity index (χ1) is 12.2. The fourth-order valence-electron chi connectivity index (χ4n) is 3.52. The van der Waals surface area contributed by atoms with Gasteiger partial charge in [-0.1, -0.05) is 55.0 Å². The van der Waals surface area contributed by atoms with Gasteiger partial charge in [0.05, 0.1) is 12.1 Å². The summed E-state index contributed by atoms with van der Waals surface area (Å²) in [6, 6.07) is 17.8. The molecule has 25 heavy (non-hydrogen) atoms. The zero-order valence-corrected chi connectivity index (χ0v) is 15.4. The molecule has 0 aromatic heterocycles. The first kappa shape index (κ1) is 18.0. The highest BCUT2D eigenvalue weighted by Gasteiger charge is 2.18. The Morgan fingerprint density at radius 2 is 1.76 bits per heavy atom. The number of benzene rings is 2. The minimum absolute atomic E-state index is 0.115. The summed E-state index contributed by atoms with van der Waals surface area (Å²) >= 11 is 0. The summed E-state index contributed by atoms with van der Waals surface area (Å²) in [7, 11) is 0. The van der Waals surface area contributed by atoms with Gasteiger partial charge in [0.1, 0.15) is 0 Å². The van der Waals surface area contributed by atoms with Crippen LogP contribution in [-0.4, -0.2) is 29.2 Å². The van der Waals surface area contributed by atoms with Gasteiger partial charge in [-0.25, -0.2) is 0 Å². The summed E-state index contributed by atoms with van der Waals surface area (Å²) in [5.41, 5.74) is 5.20. The topological polar surface area (TPSA) is 35.5 Å². The molecule has 134 valence electrons. The van der Waals surface area contributed by atoms with Crippen LogP contribution >= 0.6 is 0 Å². The number of nitrogens with one attached hydrogen (secondary N) is 1. The molecule has 3 rings (SSSR count). The molecule has 3 nitrogen and oxygen atoms in total. The number of nitrogens with zero attached hydrogens (tertiary/aromatic N) is 1. The molecular weight excluding hydrogens is 308 g/mol. The Kier molecular flexibility index (Phi) is 6.11. The van der Waals surface area contributed by atoms with Gasteiger partial charge in [-0.2, -0.15) is 0 Å². The first-order valence-electron chi connectivity index (χ1n) is 9.47. The molecule has 0 radical (unpaired) electrons. The van der Waals surface area contributed by atoms with Crippen molar-refractivity contribution in [2.75, 3.05) is 18.4 Å². The molecule has 2 aromatic rings. The van der Waals surface area contributed by atoms with Crippen molar-refractivity contribution in [2.45, 2.75) is 51.8 Å². The van der Waals surface area contributed by atoms with Gasteiger partial charge in [-0.3, -0.25) is 4.90 Å². The Balaban J connectivity index is 1.72. The first-order valence-corrected chi connectivity index (χ1v) is 9.47. The van der Waals surface area contributed by atoms with E-state index in [-0.39, 0.29) is 6.10 Å². The molecule has 1 heterocycles. The van der Waals surface area contributed by atoms with Crippen LogP contribution in [0.15, 0.2) is 48.5 Å². The van der Waals surface area contributed by atoms with Gasteiger partial charge in [0.25, 0.3) is 0 Å². The van der Waals surface area contributed by atoms with Crippen LogP contribution in [0.1, 0.15) is 48.9 Å². The molecule has 0 spiro atoms. The number of hydrogen-bond acceptors (Lipinski definition) is 3. The number of likely N-dealkylation sites (tertiary alicyclic amines) is 1. The second-order valence-corrected chi connectivity index (χ2v) is 7.18. The quantitative estimate of drug-likeness (QED) is 0.813. The van der Waals surface area contributed by atoms with E-state index in [9.17, 15) is 5.11 Å². The summed E-state index contributed by atoms with van der Waals surface area (Å²) in [5, 5.41) is 13.5. The van der Waals surface area contributed by atoms with Gasteiger partial charge in [0.15, 0.2) is 0 Å². The van der Waals surface area contributed by atoms with E-state index < -0.39 is 0 Å². The summed E-state index contributed by atoms with van der Waals surface area (Å²) < 4.78 is 0. The Labute approximate surface area is 151 Å². The maximum absolute atomic E-state index is 9.71. The van der Waals surface area contributed by atoms with Gasteiger partial charge in [0, 0.05) is 25.3 Å². The highest BCUT2D eigenvalue weighted by Crippen LogP contribution is 2.26. The molecule has 2 aromatic carbocycles. The molecule has 1 aliphatic rings. The number of para-hydroxylation sites is 1. The maximum atomic E-state index is 9.71. The van der Waals surface area contributed by atoms with Crippen LogP contribution in [0.25, 0.3) is 0 Å².